The van der Waals surface area contributed by atoms with Crippen LogP contribution in [0.4, 0.5) is 0 Å². The first-order valence-electron chi connectivity index (χ1n) is 37.8. The summed E-state index contributed by atoms with van der Waals surface area (Å²) in [5.74, 6) is -2.12. The molecule has 0 spiro atoms. The number of carbonyl (C=O) groups excluding carboxylic acids is 4. The molecule has 0 saturated heterocycles. The van der Waals surface area contributed by atoms with Crippen LogP contribution in [-0.2, 0) is 65.4 Å². The van der Waals surface area contributed by atoms with E-state index in [4.69, 9.17) is 37.0 Å². The summed E-state index contributed by atoms with van der Waals surface area (Å²) in [5, 5.41) is 10.6. The lowest BCUT2D eigenvalue weighted by atomic mass is 10.0. The number of phosphoric ester groups is 2. The highest BCUT2D eigenvalue weighted by molar-refractivity contribution is 7.47. The number of aliphatic hydroxyl groups is 1. The molecule has 0 saturated carbocycles. The summed E-state index contributed by atoms with van der Waals surface area (Å²) < 4.78 is 68.4. The van der Waals surface area contributed by atoms with Gasteiger partial charge in [0.25, 0.3) is 0 Å². The average Bonchev–Trinajstić information content (AvgIpc) is 3.74. The van der Waals surface area contributed by atoms with Gasteiger partial charge in [0.1, 0.15) is 19.3 Å². The molecule has 0 bridgehead atoms. The number of ether oxygens (including phenoxy) is 4. The van der Waals surface area contributed by atoms with Crippen LogP contribution in [-0.4, -0.2) is 96.7 Å². The van der Waals surface area contributed by atoms with E-state index in [1.54, 1.807) is 0 Å². The molecule has 0 aliphatic carbocycles. The Labute approximate surface area is 556 Å². The summed E-state index contributed by atoms with van der Waals surface area (Å²) in [6.45, 7) is 4.96. The molecular formula is C72H140O17P2. The second-order valence-corrected chi connectivity index (χ2v) is 28.9. The zero-order valence-corrected chi connectivity index (χ0v) is 60.6. The molecule has 0 heterocycles. The Bertz CT molecular complexity index is 1740. The Morgan fingerprint density at radius 1 is 0.264 bits per heavy atom. The Kier molecular flexibility index (Phi) is 65.2. The standard InChI is InChI=1S/C72H140O17P2/c1-5-9-13-17-21-25-29-31-33-35-38-41-45-49-53-57-70(75)83-63-68(89-72(77)59-55-51-47-43-39-36-34-32-30-26-22-18-14-10-6-2)65-87-91(80,81)85-61-66(73)60-84-90(78,79)86-64-67(62-82-69(74)56-52-48-44-40-28-24-20-16-12-8-4)88-71(76)58-54-50-46-42-37-27-23-19-15-11-7-3/h66-68,73H,5-65H2,1-4H3,(H,78,79)(H,80,81)/t66-,67-,68-/m1/s1. The van der Waals surface area contributed by atoms with Crippen LogP contribution in [0, 0.1) is 0 Å². The zero-order chi connectivity index (χ0) is 66.8. The van der Waals surface area contributed by atoms with Crippen molar-refractivity contribution in [3.8, 4) is 0 Å². The van der Waals surface area contributed by atoms with Crippen LogP contribution >= 0.6 is 15.6 Å². The first kappa shape index (κ1) is 89.1. The fourth-order valence-electron chi connectivity index (χ4n) is 11.0. The molecule has 19 heteroatoms. The Hall–Kier alpha value is -1.94. The third-order valence-electron chi connectivity index (χ3n) is 16.9. The number of rotatable bonds is 73. The minimum atomic E-state index is -4.95. The largest absolute Gasteiger partial charge is 0.472 e. The van der Waals surface area contributed by atoms with Gasteiger partial charge < -0.3 is 33.8 Å². The van der Waals surface area contributed by atoms with Gasteiger partial charge in [0.2, 0.25) is 0 Å². The molecule has 0 radical (unpaired) electrons. The Morgan fingerprint density at radius 3 is 0.648 bits per heavy atom. The van der Waals surface area contributed by atoms with Gasteiger partial charge >= 0.3 is 39.5 Å². The highest BCUT2D eigenvalue weighted by Gasteiger charge is 2.30. The van der Waals surface area contributed by atoms with E-state index in [2.05, 4.69) is 27.7 Å². The summed E-state index contributed by atoms with van der Waals surface area (Å²) in [4.78, 5) is 72.6. The fraction of sp³-hybridized carbons (Fsp3) is 0.944. The van der Waals surface area contributed by atoms with Crippen molar-refractivity contribution in [1.82, 2.24) is 0 Å². The topological polar surface area (TPSA) is 237 Å². The molecule has 91 heavy (non-hydrogen) atoms. The fourth-order valence-corrected chi connectivity index (χ4v) is 12.6. The van der Waals surface area contributed by atoms with E-state index in [0.717, 1.165) is 89.9 Å². The molecule has 0 aromatic rings. The number of esters is 4. The lowest BCUT2D eigenvalue weighted by Crippen LogP contribution is -2.30. The van der Waals surface area contributed by atoms with Crippen molar-refractivity contribution in [2.24, 2.45) is 0 Å². The van der Waals surface area contributed by atoms with E-state index in [1.165, 1.54) is 212 Å². The predicted octanol–water partition coefficient (Wildman–Crippen LogP) is 21.1. The van der Waals surface area contributed by atoms with Crippen molar-refractivity contribution >= 4 is 39.5 Å². The van der Waals surface area contributed by atoms with Crippen LogP contribution in [0.15, 0.2) is 0 Å². The highest BCUT2D eigenvalue weighted by Crippen LogP contribution is 2.45. The van der Waals surface area contributed by atoms with Crippen LogP contribution in [0.3, 0.4) is 0 Å². The average molecular weight is 1340 g/mol. The maximum Gasteiger partial charge on any atom is 0.472 e. The van der Waals surface area contributed by atoms with Crippen LogP contribution < -0.4 is 0 Å². The number of aliphatic hydroxyl groups excluding tert-OH is 1. The van der Waals surface area contributed by atoms with Crippen molar-refractivity contribution in [3.05, 3.63) is 0 Å². The van der Waals surface area contributed by atoms with Gasteiger partial charge in [0.15, 0.2) is 12.2 Å². The molecule has 0 aromatic heterocycles. The molecule has 3 N–H and O–H groups in total. The van der Waals surface area contributed by atoms with Gasteiger partial charge in [0, 0.05) is 25.7 Å². The van der Waals surface area contributed by atoms with E-state index in [0.29, 0.717) is 25.7 Å². The van der Waals surface area contributed by atoms with E-state index >= 15 is 0 Å². The Balaban J connectivity index is 5.23. The van der Waals surface area contributed by atoms with Crippen molar-refractivity contribution in [2.45, 2.75) is 399 Å². The van der Waals surface area contributed by atoms with Gasteiger partial charge in [-0.3, -0.25) is 37.3 Å². The smallest absolute Gasteiger partial charge is 0.462 e. The van der Waals surface area contributed by atoms with Gasteiger partial charge in [-0.15, -0.1) is 0 Å². The molecule has 2 unspecified atom stereocenters. The maximum atomic E-state index is 13.0. The van der Waals surface area contributed by atoms with Gasteiger partial charge in [-0.1, -0.05) is 329 Å². The quantitative estimate of drug-likeness (QED) is 0.0222. The maximum absolute atomic E-state index is 13.0. The van der Waals surface area contributed by atoms with Gasteiger partial charge in [-0.25, -0.2) is 9.13 Å². The molecule has 5 atom stereocenters. The minimum absolute atomic E-state index is 0.108. The van der Waals surface area contributed by atoms with Crippen LogP contribution in [0.25, 0.3) is 0 Å². The number of hydrogen-bond donors (Lipinski definition) is 3. The molecule has 0 aromatic carbocycles. The predicted molar refractivity (Wildman–Crippen MR) is 368 cm³/mol. The summed E-state index contributed by atoms with van der Waals surface area (Å²) in [5.41, 5.74) is 0. The second-order valence-electron chi connectivity index (χ2n) is 26.0. The minimum Gasteiger partial charge on any atom is -0.462 e. The first-order valence-corrected chi connectivity index (χ1v) is 40.8. The molecule has 0 amide bonds. The lowest BCUT2D eigenvalue weighted by molar-refractivity contribution is -0.161. The highest BCUT2D eigenvalue weighted by atomic mass is 31.2. The molecule has 540 valence electrons. The molecule has 17 nitrogen and oxygen atoms in total. The normalized spacial score (nSPS) is 14.0. The van der Waals surface area contributed by atoms with E-state index in [-0.39, 0.29) is 25.7 Å². The van der Waals surface area contributed by atoms with Crippen LogP contribution in [0.1, 0.15) is 381 Å². The van der Waals surface area contributed by atoms with Crippen molar-refractivity contribution < 1.29 is 80.2 Å². The summed E-state index contributed by atoms with van der Waals surface area (Å²) in [6.07, 6.45) is 55.3. The van der Waals surface area contributed by atoms with Gasteiger partial charge in [0.05, 0.1) is 26.4 Å². The third-order valence-corrected chi connectivity index (χ3v) is 18.8. The second kappa shape index (κ2) is 66.7. The third kappa shape index (κ3) is 66.5. The number of phosphoric acid groups is 2. The van der Waals surface area contributed by atoms with E-state index in [9.17, 15) is 43.2 Å². The lowest BCUT2D eigenvalue weighted by Gasteiger charge is -2.21. The number of unbranched alkanes of at least 4 members (excludes halogenated alkanes) is 47. The SMILES string of the molecule is CCCCCCCCCCCCCCCCCC(=O)OC[C@H](COP(=O)(O)OC[C@H](O)COP(=O)(O)OC[C@@H](COC(=O)CCCCCCCCCCCC)OC(=O)CCCCCCCCCCCCC)OC(=O)CCCCCCCCCCCCCCCCC. The number of hydrogen-bond acceptors (Lipinski definition) is 15. The summed E-state index contributed by atoms with van der Waals surface area (Å²) in [7, 11) is -9.90. The van der Waals surface area contributed by atoms with Gasteiger partial charge in [-0.05, 0) is 25.7 Å². The Morgan fingerprint density at radius 2 is 0.440 bits per heavy atom. The van der Waals surface area contributed by atoms with Crippen LogP contribution in [0.5, 0.6) is 0 Å². The molecule has 0 aliphatic rings. The van der Waals surface area contributed by atoms with Crippen molar-refractivity contribution in [1.29, 1.82) is 0 Å². The van der Waals surface area contributed by atoms with E-state index in [1.807, 2.05) is 0 Å². The summed E-state index contributed by atoms with van der Waals surface area (Å²) >= 11 is 0. The zero-order valence-electron chi connectivity index (χ0n) is 58.8. The molecule has 0 aliphatic heterocycles. The van der Waals surface area contributed by atoms with Crippen LogP contribution in [0.2, 0.25) is 0 Å². The first-order chi connectivity index (χ1) is 44.2. The van der Waals surface area contributed by atoms with Crippen molar-refractivity contribution in [2.75, 3.05) is 39.6 Å². The summed E-state index contributed by atoms with van der Waals surface area (Å²) in [6, 6.07) is 0. The molecular weight excluding hydrogens is 1200 g/mol. The monoisotopic (exact) mass is 1340 g/mol. The van der Waals surface area contributed by atoms with Crippen molar-refractivity contribution in [3.63, 3.8) is 0 Å². The van der Waals surface area contributed by atoms with Gasteiger partial charge in [-0.2, -0.15) is 0 Å². The number of carbonyl (C=O) groups is 4. The van der Waals surface area contributed by atoms with E-state index < -0.39 is 97.5 Å². The molecule has 0 rings (SSSR count). The molecule has 0 fully saturated rings.